The van der Waals surface area contributed by atoms with Crippen LogP contribution in [0.3, 0.4) is 0 Å². The molecule has 68 valence electrons. The van der Waals surface area contributed by atoms with Crippen LogP contribution in [0.25, 0.3) is 11.0 Å². The van der Waals surface area contributed by atoms with Gasteiger partial charge in [-0.3, -0.25) is 4.79 Å². The molecule has 0 atom stereocenters. The van der Waals surface area contributed by atoms with E-state index in [9.17, 15) is 0 Å². The van der Waals surface area contributed by atoms with E-state index in [0.717, 1.165) is 5.58 Å². The van der Waals surface area contributed by atoms with Crippen molar-refractivity contribution in [3.05, 3.63) is 36.1 Å². The molecule has 1 heterocycles. The van der Waals surface area contributed by atoms with Crippen molar-refractivity contribution in [2.45, 2.75) is 6.92 Å². The molecule has 0 radical (unpaired) electrons. The highest BCUT2D eigenvalue weighted by Gasteiger charge is 1.97. The molecule has 0 spiro atoms. The number of carboxylic acid groups (broad SMARTS) is 1. The van der Waals surface area contributed by atoms with Crippen LogP contribution >= 0.6 is 0 Å². The second-order valence-corrected chi connectivity index (χ2v) is 2.52. The summed E-state index contributed by atoms with van der Waals surface area (Å²) in [5, 5.41) is 8.10. The van der Waals surface area contributed by atoms with Crippen LogP contribution in [0.4, 0.5) is 0 Å². The van der Waals surface area contributed by atoms with Crippen molar-refractivity contribution >= 4 is 17.4 Å². The Bertz CT molecular complexity index is 390. The monoisotopic (exact) mass is 178 g/mol. The Morgan fingerprint density at radius 2 is 2.00 bits per heavy atom. The van der Waals surface area contributed by atoms with Crippen LogP contribution < -0.4 is 0 Å². The molecule has 0 aliphatic rings. The highest BCUT2D eigenvalue weighted by Crippen LogP contribution is 2.18. The fraction of sp³-hybridized carbons (Fsp3) is 0.100. The second-order valence-electron chi connectivity index (χ2n) is 2.52. The Balaban J connectivity index is 0.000000251. The van der Waals surface area contributed by atoms with Crippen molar-refractivity contribution in [1.82, 2.24) is 0 Å². The van der Waals surface area contributed by atoms with Gasteiger partial charge in [-0.15, -0.1) is 0 Å². The quantitative estimate of drug-likeness (QED) is 0.630. The normalized spacial score (nSPS) is 9.00. The first-order valence-electron chi connectivity index (χ1n) is 3.80. The molecular weight excluding hydrogens is 168 g/mol. The van der Waals surface area contributed by atoms with E-state index in [-0.39, 0.29) is 6.47 Å². The van der Waals surface area contributed by atoms with Crippen molar-refractivity contribution in [3.63, 3.8) is 0 Å². The van der Waals surface area contributed by atoms with E-state index in [4.69, 9.17) is 14.3 Å². The zero-order valence-electron chi connectivity index (χ0n) is 7.23. The van der Waals surface area contributed by atoms with Crippen LogP contribution in [0, 0.1) is 6.92 Å². The van der Waals surface area contributed by atoms with Crippen molar-refractivity contribution in [1.29, 1.82) is 0 Å². The number of para-hydroxylation sites is 1. The maximum atomic E-state index is 8.36. The molecule has 0 bridgehead atoms. The molecule has 0 amide bonds. The van der Waals surface area contributed by atoms with E-state index in [2.05, 4.69) is 6.07 Å². The van der Waals surface area contributed by atoms with Gasteiger partial charge in [0.25, 0.3) is 6.47 Å². The summed E-state index contributed by atoms with van der Waals surface area (Å²) in [6.45, 7) is 1.80. The van der Waals surface area contributed by atoms with E-state index >= 15 is 0 Å². The summed E-state index contributed by atoms with van der Waals surface area (Å²) in [5.41, 5.74) is 2.18. The predicted molar refractivity (Wildman–Crippen MR) is 49.6 cm³/mol. The van der Waals surface area contributed by atoms with Crippen LogP contribution in [0.2, 0.25) is 0 Å². The topological polar surface area (TPSA) is 50.4 Å². The molecule has 0 saturated carbocycles. The number of fused-ring (bicyclic) bond motifs is 1. The van der Waals surface area contributed by atoms with Gasteiger partial charge in [0.1, 0.15) is 5.58 Å². The van der Waals surface area contributed by atoms with Gasteiger partial charge in [0, 0.05) is 5.39 Å². The molecule has 0 aliphatic heterocycles. The Kier molecular flexibility index (Phi) is 3.09. The molecule has 0 saturated heterocycles. The number of carbonyl (C=O) groups is 1. The average molecular weight is 178 g/mol. The van der Waals surface area contributed by atoms with Gasteiger partial charge < -0.3 is 9.52 Å². The lowest BCUT2D eigenvalue weighted by atomic mass is 10.2. The third kappa shape index (κ3) is 2.08. The van der Waals surface area contributed by atoms with Gasteiger partial charge in [-0.05, 0) is 18.6 Å². The minimum Gasteiger partial charge on any atom is -0.483 e. The SMILES string of the molecule is Cc1coc2ccccc12.O=CO. The molecule has 1 aromatic carbocycles. The number of hydrogen-bond donors (Lipinski definition) is 1. The van der Waals surface area contributed by atoms with Gasteiger partial charge >= 0.3 is 0 Å². The van der Waals surface area contributed by atoms with Crippen LogP contribution in [0.1, 0.15) is 5.56 Å². The highest BCUT2D eigenvalue weighted by molar-refractivity contribution is 5.80. The lowest BCUT2D eigenvalue weighted by Gasteiger charge is -1.84. The third-order valence-corrected chi connectivity index (χ3v) is 1.67. The Hall–Kier alpha value is -1.77. The van der Waals surface area contributed by atoms with E-state index in [1.807, 2.05) is 25.1 Å². The van der Waals surface area contributed by atoms with Crippen LogP contribution in [0.15, 0.2) is 34.9 Å². The molecule has 1 aromatic heterocycles. The smallest absolute Gasteiger partial charge is 0.290 e. The van der Waals surface area contributed by atoms with Gasteiger partial charge in [0.2, 0.25) is 0 Å². The van der Waals surface area contributed by atoms with Gasteiger partial charge in [0.05, 0.1) is 6.26 Å². The number of aryl methyl sites for hydroxylation is 1. The molecule has 2 rings (SSSR count). The third-order valence-electron chi connectivity index (χ3n) is 1.67. The average Bonchev–Trinajstić information content (AvgIpc) is 2.50. The fourth-order valence-corrected chi connectivity index (χ4v) is 1.11. The Labute approximate surface area is 75.6 Å². The van der Waals surface area contributed by atoms with Gasteiger partial charge in [-0.2, -0.15) is 0 Å². The number of hydrogen-bond acceptors (Lipinski definition) is 2. The van der Waals surface area contributed by atoms with Crippen molar-refractivity contribution in [2.24, 2.45) is 0 Å². The first-order valence-corrected chi connectivity index (χ1v) is 3.80. The zero-order valence-corrected chi connectivity index (χ0v) is 7.23. The molecule has 0 fully saturated rings. The summed E-state index contributed by atoms with van der Waals surface area (Å²) in [7, 11) is 0. The minimum absolute atomic E-state index is 0.250. The first-order chi connectivity index (χ1) is 6.29. The summed E-state index contributed by atoms with van der Waals surface area (Å²) in [6, 6.07) is 8.03. The first kappa shape index (κ1) is 9.32. The Morgan fingerprint density at radius 1 is 1.38 bits per heavy atom. The number of furan rings is 1. The fourth-order valence-electron chi connectivity index (χ4n) is 1.11. The van der Waals surface area contributed by atoms with Crippen LogP contribution in [0.5, 0.6) is 0 Å². The standard InChI is InChI=1S/C9H8O.CH2O2/c1-7-6-10-9-5-3-2-4-8(7)9;2-1-3/h2-6H,1H3;1H,(H,2,3). The van der Waals surface area contributed by atoms with Crippen molar-refractivity contribution in [3.8, 4) is 0 Å². The zero-order chi connectivity index (χ0) is 9.68. The summed E-state index contributed by atoms with van der Waals surface area (Å²) in [6.07, 6.45) is 1.78. The van der Waals surface area contributed by atoms with Gasteiger partial charge in [-0.25, -0.2) is 0 Å². The summed E-state index contributed by atoms with van der Waals surface area (Å²) < 4.78 is 5.25. The molecule has 2 aromatic rings. The summed E-state index contributed by atoms with van der Waals surface area (Å²) in [5.74, 6) is 0. The molecule has 3 nitrogen and oxygen atoms in total. The van der Waals surface area contributed by atoms with Gasteiger partial charge in [0.15, 0.2) is 0 Å². The minimum atomic E-state index is -0.250. The van der Waals surface area contributed by atoms with E-state index < -0.39 is 0 Å². The maximum absolute atomic E-state index is 8.36. The van der Waals surface area contributed by atoms with E-state index in [0.29, 0.717) is 0 Å². The van der Waals surface area contributed by atoms with Crippen LogP contribution in [-0.4, -0.2) is 11.6 Å². The predicted octanol–water partition coefficient (Wildman–Crippen LogP) is 2.44. The molecule has 0 unspecified atom stereocenters. The highest BCUT2D eigenvalue weighted by atomic mass is 16.3. The van der Waals surface area contributed by atoms with Crippen molar-refractivity contribution in [2.75, 3.05) is 0 Å². The molecule has 0 aliphatic carbocycles. The second kappa shape index (κ2) is 4.30. The Morgan fingerprint density at radius 3 is 2.62 bits per heavy atom. The number of benzene rings is 1. The lowest BCUT2D eigenvalue weighted by Crippen LogP contribution is -1.63. The maximum Gasteiger partial charge on any atom is 0.290 e. The van der Waals surface area contributed by atoms with Crippen LogP contribution in [-0.2, 0) is 4.79 Å². The molecule has 13 heavy (non-hydrogen) atoms. The summed E-state index contributed by atoms with van der Waals surface area (Å²) in [4.78, 5) is 8.36. The van der Waals surface area contributed by atoms with E-state index in [1.165, 1.54) is 10.9 Å². The largest absolute Gasteiger partial charge is 0.483 e. The molecule has 3 heteroatoms. The summed E-state index contributed by atoms with van der Waals surface area (Å²) >= 11 is 0. The van der Waals surface area contributed by atoms with Gasteiger partial charge in [-0.1, -0.05) is 18.2 Å². The van der Waals surface area contributed by atoms with E-state index in [1.54, 1.807) is 6.26 Å². The lowest BCUT2D eigenvalue weighted by molar-refractivity contribution is -0.122. The molecule has 1 N–H and O–H groups in total. The number of rotatable bonds is 0. The van der Waals surface area contributed by atoms with Crippen molar-refractivity contribution < 1.29 is 14.3 Å². The molecular formula is C10H10O3.